The number of carbonyl (C=O) groups is 1. The molecule has 1 aliphatic carbocycles. The minimum atomic E-state index is -0.833. The summed E-state index contributed by atoms with van der Waals surface area (Å²) < 4.78 is 0. The lowest BCUT2D eigenvalue weighted by molar-refractivity contribution is -0.134. The van der Waals surface area contributed by atoms with Gasteiger partial charge in [0.05, 0.1) is 0 Å². The van der Waals surface area contributed by atoms with Crippen LogP contribution in [0.5, 0.6) is 0 Å². The third-order valence-corrected chi connectivity index (χ3v) is 0.236. The van der Waals surface area contributed by atoms with Gasteiger partial charge in [0, 0.05) is 6.92 Å². The molecule has 1 aliphatic rings. The summed E-state index contributed by atoms with van der Waals surface area (Å²) in [6.45, 7) is 1.08. The molecule has 7 heavy (non-hydrogen) atoms. The first kappa shape index (κ1) is 6.21. The van der Waals surface area contributed by atoms with Crippen LogP contribution in [0.1, 0.15) is 13.3 Å². The predicted octanol–water partition coefficient (Wildman–Crippen LogP) is 1.04. The summed E-state index contributed by atoms with van der Waals surface area (Å²) in [5.41, 5.74) is 0. The molecule has 0 aromatic rings. The van der Waals surface area contributed by atoms with E-state index >= 15 is 0 Å². The largest absolute Gasteiger partial charge is 0.481 e. The summed E-state index contributed by atoms with van der Waals surface area (Å²) >= 11 is 0. The van der Waals surface area contributed by atoms with Gasteiger partial charge in [0.25, 0.3) is 5.97 Å². The molecule has 2 heteroatoms. The fraction of sp³-hybridized carbons (Fsp3) is 0.400. The molecule has 0 atom stereocenters. The molecule has 0 aliphatic heterocycles. The van der Waals surface area contributed by atoms with Crippen LogP contribution in [0, 0.1) is 0 Å². The molecule has 40 valence electrons. The molecule has 0 saturated heterocycles. The van der Waals surface area contributed by atoms with Gasteiger partial charge in [-0.3, -0.25) is 4.79 Å². The van der Waals surface area contributed by atoms with E-state index in [4.69, 9.17) is 9.90 Å². The maximum absolute atomic E-state index is 9.00. The first-order valence-corrected chi connectivity index (χ1v) is 2.08. The van der Waals surface area contributed by atoms with Gasteiger partial charge >= 0.3 is 0 Å². The molecule has 0 fully saturated rings. The highest BCUT2D eigenvalue weighted by molar-refractivity contribution is 5.62. The van der Waals surface area contributed by atoms with Crippen molar-refractivity contribution < 1.29 is 9.90 Å². The van der Waals surface area contributed by atoms with Gasteiger partial charge in [0.1, 0.15) is 0 Å². The molecule has 1 N–H and O–H groups in total. The van der Waals surface area contributed by atoms with Gasteiger partial charge in [0.15, 0.2) is 0 Å². The lowest BCUT2D eigenvalue weighted by Crippen LogP contribution is -1.78. The highest BCUT2D eigenvalue weighted by atomic mass is 16.4. The highest BCUT2D eigenvalue weighted by Crippen LogP contribution is 1.96. The first-order chi connectivity index (χ1) is 3.23. The molecule has 0 amide bonds. The third kappa shape index (κ3) is 1220. The van der Waals surface area contributed by atoms with Crippen LogP contribution in [-0.2, 0) is 4.79 Å². The van der Waals surface area contributed by atoms with Crippen LogP contribution >= 0.6 is 0 Å². The van der Waals surface area contributed by atoms with Crippen LogP contribution in [-0.4, -0.2) is 11.1 Å². The van der Waals surface area contributed by atoms with Crippen molar-refractivity contribution in [3.05, 3.63) is 12.2 Å². The van der Waals surface area contributed by atoms with Gasteiger partial charge in [-0.15, -0.1) is 0 Å². The molecule has 0 aromatic carbocycles. The Labute approximate surface area is 42.5 Å². The zero-order chi connectivity index (χ0) is 5.70. The van der Waals surface area contributed by atoms with Crippen LogP contribution in [0.15, 0.2) is 12.2 Å². The van der Waals surface area contributed by atoms with Crippen molar-refractivity contribution in [1.82, 2.24) is 0 Å². The number of allylic oxidation sites excluding steroid dienone is 2. The molecule has 0 heterocycles. The normalized spacial score (nSPS) is 11.6. The molecular formula is C5H8O2. The first-order valence-electron chi connectivity index (χ1n) is 2.08. The minimum absolute atomic E-state index is 0.833. The second-order valence-corrected chi connectivity index (χ2v) is 1.23. The predicted molar refractivity (Wildman–Crippen MR) is 27.1 cm³/mol. The molecule has 0 saturated carbocycles. The average molecular weight is 100 g/mol. The van der Waals surface area contributed by atoms with Crippen molar-refractivity contribution in [2.24, 2.45) is 0 Å². The van der Waals surface area contributed by atoms with E-state index in [1.807, 2.05) is 0 Å². The van der Waals surface area contributed by atoms with Gasteiger partial charge in [-0.05, 0) is 6.42 Å². The third-order valence-electron chi connectivity index (χ3n) is 0.236. The summed E-state index contributed by atoms with van der Waals surface area (Å²) in [5, 5.41) is 7.42. The second kappa shape index (κ2) is 3.40. The number of hydrogen-bond acceptors (Lipinski definition) is 1. The zero-order valence-electron chi connectivity index (χ0n) is 4.22. The summed E-state index contributed by atoms with van der Waals surface area (Å²) in [4.78, 5) is 9.00. The van der Waals surface area contributed by atoms with E-state index in [-0.39, 0.29) is 0 Å². The smallest absolute Gasteiger partial charge is 0.300 e. The van der Waals surface area contributed by atoms with E-state index in [0.717, 1.165) is 6.92 Å². The molecule has 0 radical (unpaired) electrons. The van der Waals surface area contributed by atoms with Crippen molar-refractivity contribution in [2.75, 3.05) is 0 Å². The fourth-order valence-corrected chi connectivity index (χ4v) is 0. The van der Waals surface area contributed by atoms with Crippen LogP contribution in [0.3, 0.4) is 0 Å². The molecule has 0 spiro atoms. The van der Waals surface area contributed by atoms with Gasteiger partial charge in [-0.25, -0.2) is 0 Å². The van der Waals surface area contributed by atoms with Crippen LogP contribution < -0.4 is 0 Å². The van der Waals surface area contributed by atoms with Crippen molar-refractivity contribution in [3.8, 4) is 0 Å². The molecule has 0 unspecified atom stereocenters. The Balaban J connectivity index is 0.000000105. The lowest BCUT2D eigenvalue weighted by Gasteiger charge is -1.59. The Morgan fingerprint density at radius 1 is 1.71 bits per heavy atom. The maximum atomic E-state index is 9.00. The Morgan fingerprint density at radius 2 is 1.86 bits per heavy atom. The zero-order valence-corrected chi connectivity index (χ0v) is 4.22. The molecule has 2 nitrogen and oxygen atoms in total. The summed E-state index contributed by atoms with van der Waals surface area (Å²) in [7, 11) is 0. The summed E-state index contributed by atoms with van der Waals surface area (Å²) in [6, 6.07) is 0. The maximum Gasteiger partial charge on any atom is 0.300 e. The van der Waals surface area contributed by atoms with E-state index in [9.17, 15) is 0 Å². The van der Waals surface area contributed by atoms with Crippen LogP contribution in [0.2, 0.25) is 0 Å². The summed E-state index contributed by atoms with van der Waals surface area (Å²) in [6.07, 6.45) is 5.50. The van der Waals surface area contributed by atoms with Crippen LogP contribution in [0.4, 0.5) is 0 Å². The standard InChI is InChI=1S/C3H4.C2H4O2/c1-2-3-1;1-2(3)4/h1-2H,3H2;1H3,(H,3,4). The molecule has 0 aromatic heterocycles. The van der Waals surface area contributed by atoms with Gasteiger partial charge in [0.2, 0.25) is 0 Å². The average Bonchev–Trinajstić information content (AvgIpc) is 2.02. The highest BCUT2D eigenvalue weighted by Gasteiger charge is 1.75. The summed E-state index contributed by atoms with van der Waals surface area (Å²) in [5.74, 6) is -0.833. The van der Waals surface area contributed by atoms with E-state index < -0.39 is 5.97 Å². The Bertz CT molecular complexity index is 76.1. The Kier molecular flexibility index (Phi) is 3.02. The van der Waals surface area contributed by atoms with Crippen molar-refractivity contribution in [3.63, 3.8) is 0 Å². The van der Waals surface area contributed by atoms with Crippen molar-refractivity contribution >= 4 is 5.97 Å². The fourth-order valence-electron chi connectivity index (χ4n) is 0. The number of carboxylic acids is 1. The van der Waals surface area contributed by atoms with E-state index in [1.54, 1.807) is 0 Å². The van der Waals surface area contributed by atoms with Gasteiger partial charge < -0.3 is 5.11 Å². The lowest BCUT2D eigenvalue weighted by atomic mass is 10.9. The number of rotatable bonds is 0. The molecule has 0 bridgehead atoms. The minimum Gasteiger partial charge on any atom is -0.481 e. The van der Waals surface area contributed by atoms with Gasteiger partial charge in [-0.1, -0.05) is 12.2 Å². The quantitative estimate of drug-likeness (QED) is 0.462. The molecule has 1 rings (SSSR count). The molecular weight excluding hydrogens is 92.1 g/mol. The second-order valence-electron chi connectivity index (χ2n) is 1.23. The Hall–Kier alpha value is -0.790. The van der Waals surface area contributed by atoms with Crippen LogP contribution in [0.25, 0.3) is 0 Å². The van der Waals surface area contributed by atoms with E-state index in [1.165, 1.54) is 6.42 Å². The van der Waals surface area contributed by atoms with Crippen molar-refractivity contribution in [2.45, 2.75) is 13.3 Å². The number of aliphatic carboxylic acids is 1. The van der Waals surface area contributed by atoms with Gasteiger partial charge in [-0.2, -0.15) is 0 Å². The van der Waals surface area contributed by atoms with E-state index in [0.29, 0.717) is 0 Å². The monoisotopic (exact) mass is 100 g/mol. The number of carboxylic acid groups (broad SMARTS) is 1. The Morgan fingerprint density at radius 3 is 1.86 bits per heavy atom. The number of hydrogen-bond donors (Lipinski definition) is 1. The van der Waals surface area contributed by atoms with E-state index in [2.05, 4.69) is 12.2 Å². The van der Waals surface area contributed by atoms with Crippen molar-refractivity contribution in [1.29, 1.82) is 0 Å². The topological polar surface area (TPSA) is 37.3 Å². The SMILES string of the molecule is C1=CC1.CC(=O)O.